The highest BCUT2D eigenvalue weighted by Crippen LogP contribution is 2.48. The monoisotopic (exact) mass is 538 g/mol. The van der Waals surface area contributed by atoms with E-state index in [1.54, 1.807) is 0 Å². The summed E-state index contributed by atoms with van der Waals surface area (Å²) in [5.41, 5.74) is 0. The van der Waals surface area contributed by atoms with Gasteiger partial charge in [-0.15, -0.1) is 0 Å². The van der Waals surface area contributed by atoms with Crippen molar-refractivity contribution in [3.8, 4) is 0 Å². The van der Waals surface area contributed by atoms with Gasteiger partial charge in [0.25, 0.3) is 0 Å². The predicted molar refractivity (Wildman–Crippen MR) is 127 cm³/mol. The van der Waals surface area contributed by atoms with Gasteiger partial charge in [-0.2, -0.15) is 0 Å². The molecule has 4 heteroatoms. The summed E-state index contributed by atoms with van der Waals surface area (Å²) in [6.07, 6.45) is 14.2. The maximum atomic E-state index is 15.2. The zero-order valence-corrected chi connectivity index (χ0v) is 20.8. The quantitative estimate of drug-likeness (QED) is 0.242. The minimum Gasteiger partial charge on any atom is -0.247 e. The van der Waals surface area contributed by atoms with E-state index < -0.39 is 18.5 Å². The largest absolute Gasteiger partial charge is 0.247 e. The van der Waals surface area contributed by atoms with Crippen molar-refractivity contribution < 1.29 is 13.2 Å². The molecular weight excluding hydrogens is 496 g/mol. The summed E-state index contributed by atoms with van der Waals surface area (Å²) >= 11 is 2.40. The van der Waals surface area contributed by atoms with Crippen molar-refractivity contribution in [3.63, 3.8) is 0 Å². The van der Waals surface area contributed by atoms with Crippen LogP contribution in [-0.4, -0.2) is 22.4 Å². The molecule has 7 unspecified atom stereocenters. The normalized spacial score (nSPS) is 46.6. The first kappa shape index (κ1) is 23.7. The molecule has 4 fully saturated rings. The Labute approximate surface area is 196 Å². The van der Waals surface area contributed by atoms with E-state index in [4.69, 9.17) is 0 Å². The third kappa shape index (κ3) is 5.71. The summed E-state index contributed by atoms with van der Waals surface area (Å²) in [7, 11) is 0. The fourth-order valence-corrected chi connectivity index (χ4v) is 8.39. The van der Waals surface area contributed by atoms with Crippen LogP contribution in [-0.2, 0) is 0 Å². The van der Waals surface area contributed by atoms with E-state index in [2.05, 4.69) is 22.6 Å². The molecular formula is C26H42F3I. The molecule has 0 radical (unpaired) electrons. The Balaban J connectivity index is 1.20. The average molecular weight is 539 g/mol. The van der Waals surface area contributed by atoms with E-state index in [1.165, 1.54) is 25.7 Å². The molecule has 0 nitrogen and oxygen atoms in total. The standard InChI is InChI=1S/C26H42F3I/c27-24-16-21(30)13-12-20(24)11-8-17-6-9-19(10-7-17)23-15-14-22(25(28)26(23)29)18-4-2-1-3-5-18/h17-26H,1-16H2. The van der Waals surface area contributed by atoms with Gasteiger partial charge in [-0.25, -0.2) is 13.2 Å². The van der Waals surface area contributed by atoms with Gasteiger partial charge in [-0.3, -0.25) is 0 Å². The number of hydrogen-bond acceptors (Lipinski definition) is 0. The van der Waals surface area contributed by atoms with Gasteiger partial charge in [0.2, 0.25) is 0 Å². The maximum absolute atomic E-state index is 15.2. The van der Waals surface area contributed by atoms with Crippen LogP contribution in [0.4, 0.5) is 13.2 Å². The Kier molecular flexibility index (Phi) is 8.75. The van der Waals surface area contributed by atoms with Crippen LogP contribution in [0.15, 0.2) is 0 Å². The molecule has 0 aromatic rings. The van der Waals surface area contributed by atoms with Crippen molar-refractivity contribution in [1.82, 2.24) is 0 Å². The molecule has 0 saturated heterocycles. The van der Waals surface area contributed by atoms with Crippen molar-refractivity contribution in [1.29, 1.82) is 0 Å². The SMILES string of the molecule is FC1CC(I)CCC1CCC1CCC(C2CCC(C3CCCCC3)C(F)C2F)CC1. The van der Waals surface area contributed by atoms with Crippen LogP contribution in [0.3, 0.4) is 0 Å². The predicted octanol–water partition coefficient (Wildman–Crippen LogP) is 8.80. The van der Waals surface area contributed by atoms with Crippen molar-refractivity contribution >= 4 is 22.6 Å². The molecule has 4 aliphatic rings. The second kappa shape index (κ2) is 11.1. The summed E-state index contributed by atoms with van der Waals surface area (Å²) in [6, 6.07) is 0. The van der Waals surface area contributed by atoms with Crippen LogP contribution in [0, 0.1) is 35.5 Å². The molecule has 4 saturated carbocycles. The van der Waals surface area contributed by atoms with Crippen LogP contribution >= 0.6 is 22.6 Å². The number of rotatable bonds is 5. The lowest BCUT2D eigenvalue weighted by molar-refractivity contribution is -0.0349. The van der Waals surface area contributed by atoms with Gasteiger partial charge < -0.3 is 0 Å². The molecule has 174 valence electrons. The topological polar surface area (TPSA) is 0 Å². The summed E-state index contributed by atoms with van der Waals surface area (Å²) in [5, 5.41) is 0. The van der Waals surface area contributed by atoms with E-state index >= 15 is 8.78 Å². The number of halogens is 4. The molecule has 7 atom stereocenters. The lowest BCUT2D eigenvalue weighted by atomic mass is 9.64. The van der Waals surface area contributed by atoms with E-state index in [0.717, 1.165) is 77.0 Å². The van der Waals surface area contributed by atoms with Gasteiger partial charge in [0.1, 0.15) is 18.5 Å². The van der Waals surface area contributed by atoms with Crippen LogP contribution in [0.5, 0.6) is 0 Å². The molecule has 0 aliphatic heterocycles. The molecule has 0 heterocycles. The average Bonchev–Trinajstić information content (AvgIpc) is 2.76. The summed E-state index contributed by atoms with van der Waals surface area (Å²) in [5.74, 6) is 1.71. The smallest absolute Gasteiger partial charge is 0.134 e. The molecule has 0 aromatic heterocycles. The Hall–Kier alpha value is 0.520. The first-order valence-corrected chi connectivity index (χ1v) is 14.3. The molecule has 4 rings (SSSR count). The first-order chi connectivity index (χ1) is 14.5. The van der Waals surface area contributed by atoms with E-state index in [1.807, 2.05) is 0 Å². The minimum absolute atomic E-state index is 0.0147. The van der Waals surface area contributed by atoms with Gasteiger partial charge in [0.05, 0.1) is 0 Å². The van der Waals surface area contributed by atoms with Gasteiger partial charge in [-0.1, -0.05) is 74.0 Å². The summed E-state index contributed by atoms with van der Waals surface area (Å²) in [6.45, 7) is 0. The molecule has 0 N–H and O–H groups in total. The summed E-state index contributed by atoms with van der Waals surface area (Å²) in [4.78, 5) is 0. The highest BCUT2D eigenvalue weighted by molar-refractivity contribution is 14.1. The number of alkyl halides is 4. The van der Waals surface area contributed by atoms with Gasteiger partial charge in [0.15, 0.2) is 0 Å². The highest BCUT2D eigenvalue weighted by Gasteiger charge is 2.46. The maximum Gasteiger partial charge on any atom is 0.134 e. The fourth-order valence-electron chi connectivity index (χ4n) is 7.54. The molecule has 0 bridgehead atoms. The fraction of sp³-hybridized carbons (Fsp3) is 1.00. The zero-order chi connectivity index (χ0) is 21.1. The van der Waals surface area contributed by atoms with Crippen LogP contribution in [0.25, 0.3) is 0 Å². The highest BCUT2D eigenvalue weighted by atomic mass is 127. The van der Waals surface area contributed by atoms with Crippen molar-refractivity contribution in [2.45, 2.75) is 125 Å². The summed E-state index contributed by atoms with van der Waals surface area (Å²) < 4.78 is 45.1. The lowest BCUT2D eigenvalue weighted by Crippen LogP contribution is -2.44. The van der Waals surface area contributed by atoms with E-state index in [-0.39, 0.29) is 17.8 Å². The van der Waals surface area contributed by atoms with Crippen LogP contribution in [0.1, 0.15) is 103 Å². The Bertz CT molecular complexity index is 514. The molecule has 30 heavy (non-hydrogen) atoms. The lowest BCUT2D eigenvalue weighted by Gasteiger charge is -2.44. The number of hydrogen-bond donors (Lipinski definition) is 0. The molecule has 0 spiro atoms. The van der Waals surface area contributed by atoms with Crippen LogP contribution in [0.2, 0.25) is 0 Å². The Morgan fingerprint density at radius 1 is 0.600 bits per heavy atom. The molecule has 0 amide bonds. The third-order valence-electron chi connectivity index (χ3n) is 9.50. The van der Waals surface area contributed by atoms with Gasteiger partial charge in [0, 0.05) is 3.92 Å². The zero-order valence-electron chi connectivity index (χ0n) is 18.6. The van der Waals surface area contributed by atoms with Gasteiger partial charge >= 0.3 is 0 Å². The second-order valence-electron chi connectivity index (χ2n) is 11.2. The van der Waals surface area contributed by atoms with Crippen molar-refractivity contribution in [2.24, 2.45) is 35.5 Å². The Morgan fingerprint density at radius 2 is 1.20 bits per heavy atom. The van der Waals surface area contributed by atoms with Crippen molar-refractivity contribution in [2.75, 3.05) is 0 Å². The first-order valence-electron chi connectivity index (χ1n) is 13.1. The van der Waals surface area contributed by atoms with Crippen molar-refractivity contribution in [3.05, 3.63) is 0 Å². The molecule has 4 aliphatic carbocycles. The second-order valence-corrected chi connectivity index (χ2v) is 13.0. The third-order valence-corrected chi connectivity index (χ3v) is 10.6. The van der Waals surface area contributed by atoms with E-state index in [9.17, 15) is 4.39 Å². The van der Waals surface area contributed by atoms with Gasteiger partial charge in [-0.05, 0) is 86.9 Å². The van der Waals surface area contributed by atoms with Crippen LogP contribution < -0.4 is 0 Å². The Morgan fingerprint density at radius 3 is 1.80 bits per heavy atom. The molecule has 0 aromatic carbocycles. The van der Waals surface area contributed by atoms with E-state index in [0.29, 0.717) is 21.7 Å². The minimum atomic E-state index is -1.23.